The molecular formula is C10H15N3O. The summed E-state index contributed by atoms with van der Waals surface area (Å²) in [5.41, 5.74) is 7.47. The zero-order valence-electron chi connectivity index (χ0n) is 8.36. The van der Waals surface area contributed by atoms with Gasteiger partial charge in [0.25, 0.3) is 0 Å². The van der Waals surface area contributed by atoms with Crippen molar-refractivity contribution < 1.29 is 4.84 Å². The zero-order chi connectivity index (χ0) is 9.97. The Kier molecular flexibility index (Phi) is 2.54. The molecule has 76 valence electrons. The first kappa shape index (κ1) is 9.27. The first-order chi connectivity index (χ1) is 6.77. The van der Waals surface area contributed by atoms with Gasteiger partial charge in [0.15, 0.2) is 5.82 Å². The summed E-state index contributed by atoms with van der Waals surface area (Å²) < 4.78 is 0. The van der Waals surface area contributed by atoms with Gasteiger partial charge in [-0.3, -0.25) is 4.84 Å². The maximum Gasteiger partial charge on any atom is 0.152 e. The highest BCUT2D eigenvalue weighted by Gasteiger charge is 2.13. The Labute approximate surface area is 83.6 Å². The van der Waals surface area contributed by atoms with E-state index >= 15 is 0 Å². The number of hydroxylamine groups is 1. The highest BCUT2D eigenvalue weighted by Crippen LogP contribution is 2.19. The lowest BCUT2D eigenvalue weighted by atomic mass is 10.2. The smallest absolute Gasteiger partial charge is 0.152 e. The van der Waals surface area contributed by atoms with E-state index in [0.29, 0.717) is 0 Å². The molecule has 0 radical (unpaired) electrons. The minimum atomic E-state index is 0.728. The van der Waals surface area contributed by atoms with Crippen LogP contribution in [0.4, 0.5) is 11.5 Å². The lowest BCUT2D eigenvalue weighted by molar-refractivity contribution is 0.0761. The van der Waals surface area contributed by atoms with E-state index < -0.39 is 0 Å². The van der Waals surface area contributed by atoms with Crippen molar-refractivity contribution in [1.29, 1.82) is 0 Å². The van der Waals surface area contributed by atoms with Crippen LogP contribution in [0.2, 0.25) is 0 Å². The molecule has 1 aliphatic heterocycles. The van der Waals surface area contributed by atoms with Gasteiger partial charge < -0.3 is 5.73 Å². The van der Waals surface area contributed by atoms with Gasteiger partial charge in [-0.15, -0.1) is 0 Å². The predicted octanol–water partition coefficient (Wildman–Crippen LogP) is 1.50. The SMILES string of the molecule is Cc1cc(N2CCCCO2)ncc1N. The van der Waals surface area contributed by atoms with Crippen LogP contribution in [0.1, 0.15) is 18.4 Å². The van der Waals surface area contributed by atoms with Crippen molar-refractivity contribution in [3.05, 3.63) is 17.8 Å². The number of aromatic nitrogens is 1. The summed E-state index contributed by atoms with van der Waals surface area (Å²) in [6.07, 6.45) is 3.97. The molecule has 1 aromatic heterocycles. The standard InChI is InChI=1S/C10H15N3O/c1-8-6-10(12-7-9(8)11)13-4-2-3-5-14-13/h6-7H,2-5,11H2,1H3. The third-order valence-corrected chi connectivity index (χ3v) is 2.40. The predicted molar refractivity (Wildman–Crippen MR) is 55.9 cm³/mol. The van der Waals surface area contributed by atoms with Crippen LogP contribution in [0, 0.1) is 6.92 Å². The number of hydrogen-bond donors (Lipinski definition) is 1. The molecule has 1 aliphatic rings. The molecule has 1 fully saturated rings. The Balaban J connectivity index is 2.18. The van der Waals surface area contributed by atoms with E-state index in [4.69, 9.17) is 10.6 Å². The van der Waals surface area contributed by atoms with Crippen molar-refractivity contribution in [2.75, 3.05) is 23.9 Å². The molecule has 0 bridgehead atoms. The summed E-state index contributed by atoms with van der Waals surface area (Å²) in [7, 11) is 0. The Bertz CT molecular complexity index is 321. The third-order valence-electron chi connectivity index (χ3n) is 2.40. The average molecular weight is 193 g/mol. The lowest BCUT2D eigenvalue weighted by Crippen LogP contribution is -2.30. The average Bonchev–Trinajstić information content (AvgIpc) is 2.23. The molecule has 0 amide bonds. The molecule has 0 atom stereocenters. The second-order valence-electron chi connectivity index (χ2n) is 3.54. The van der Waals surface area contributed by atoms with Crippen molar-refractivity contribution in [3.63, 3.8) is 0 Å². The van der Waals surface area contributed by atoms with Crippen molar-refractivity contribution >= 4 is 11.5 Å². The summed E-state index contributed by atoms with van der Waals surface area (Å²) in [5, 5.41) is 1.84. The first-order valence-electron chi connectivity index (χ1n) is 4.90. The van der Waals surface area contributed by atoms with Gasteiger partial charge in [0, 0.05) is 6.54 Å². The Morgan fingerprint density at radius 3 is 3.00 bits per heavy atom. The van der Waals surface area contributed by atoms with Crippen LogP contribution in [0.5, 0.6) is 0 Å². The van der Waals surface area contributed by atoms with Crippen LogP contribution in [0.15, 0.2) is 12.3 Å². The lowest BCUT2D eigenvalue weighted by Gasteiger charge is -2.27. The molecule has 0 unspecified atom stereocenters. The molecular weight excluding hydrogens is 178 g/mol. The maximum absolute atomic E-state index is 5.70. The molecule has 1 aromatic rings. The Hall–Kier alpha value is -1.29. The van der Waals surface area contributed by atoms with Crippen LogP contribution in [0.3, 0.4) is 0 Å². The summed E-state index contributed by atoms with van der Waals surface area (Å²) in [4.78, 5) is 9.73. The number of rotatable bonds is 1. The summed E-state index contributed by atoms with van der Waals surface area (Å²) >= 11 is 0. The van der Waals surface area contributed by atoms with Crippen LogP contribution in [0.25, 0.3) is 0 Å². The van der Waals surface area contributed by atoms with Gasteiger partial charge in [0.05, 0.1) is 18.5 Å². The van der Waals surface area contributed by atoms with Gasteiger partial charge in [-0.1, -0.05) is 0 Å². The van der Waals surface area contributed by atoms with E-state index in [0.717, 1.165) is 43.1 Å². The molecule has 4 heteroatoms. The second-order valence-corrected chi connectivity index (χ2v) is 3.54. The molecule has 0 spiro atoms. The molecule has 2 heterocycles. The summed E-state index contributed by atoms with van der Waals surface area (Å²) in [6, 6.07) is 1.96. The second kappa shape index (κ2) is 3.84. The third kappa shape index (κ3) is 1.80. The number of nitrogens with zero attached hydrogens (tertiary/aromatic N) is 2. The van der Waals surface area contributed by atoms with Gasteiger partial charge >= 0.3 is 0 Å². The molecule has 2 N–H and O–H groups in total. The van der Waals surface area contributed by atoms with E-state index in [-0.39, 0.29) is 0 Å². The van der Waals surface area contributed by atoms with E-state index in [9.17, 15) is 0 Å². The number of anilines is 2. The molecule has 1 saturated heterocycles. The molecule has 0 saturated carbocycles. The molecule has 2 rings (SSSR count). The fourth-order valence-electron chi connectivity index (χ4n) is 1.47. The first-order valence-corrected chi connectivity index (χ1v) is 4.90. The van der Waals surface area contributed by atoms with E-state index in [2.05, 4.69) is 4.98 Å². The van der Waals surface area contributed by atoms with Crippen LogP contribution >= 0.6 is 0 Å². The number of nitrogen functional groups attached to an aromatic ring is 1. The Morgan fingerprint density at radius 1 is 1.50 bits per heavy atom. The van der Waals surface area contributed by atoms with Gasteiger partial charge in [-0.25, -0.2) is 10.0 Å². The van der Waals surface area contributed by atoms with Crippen LogP contribution < -0.4 is 10.8 Å². The molecule has 0 aromatic carbocycles. The largest absolute Gasteiger partial charge is 0.397 e. The summed E-state index contributed by atoms with van der Waals surface area (Å²) in [6.45, 7) is 3.67. The highest BCUT2D eigenvalue weighted by molar-refractivity contribution is 5.51. The fraction of sp³-hybridized carbons (Fsp3) is 0.500. The minimum absolute atomic E-state index is 0.728. The molecule has 14 heavy (non-hydrogen) atoms. The number of pyridine rings is 1. The summed E-state index contributed by atoms with van der Waals surface area (Å²) in [5.74, 6) is 0.858. The van der Waals surface area contributed by atoms with E-state index in [1.165, 1.54) is 0 Å². The van der Waals surface area contributed by atoms with E-state index in [1.807, 2.05) is 18.1 Å². The van der Waals surface area contributed by atoms with Crippen molar-refractivity contribution in [3.8, 4) is 0 Å². The van der Waals surface area contributed by atoms with Crippen molar-refractivity contribution in [1.82, 2.24) is 4.98 Å². The maximum atomic E-state index is 5.70. The van der Waals surface area contributed by atoms with Gasteiger partial charge in [-0.2, -0.15) is 0 Å². The van der Waals surface area contributed by atoms with Crippen LogP contribution in [-0.2, 0) is 4.84 Å². The quantitative estimate of drug-likeness (QED) is 0.734. The minimum Gasteiger partial charge on any atom is -0.397 e. The van der Waals surface area contributed by atoms with Gasteiger partial charge in [0.1, 0.15) is 0 Å². The van der Waals surface area contributed by atoms with Crippen molar-refractivity contribution in [2.45, 2.75) is 19.8 Å². The van der Waals surface area contributed by atoms with Gasteiger partial charge in [0.2, 0.25) is 0 Å². The highest BCUT2D eigenvalue weighted by atomic mass is 16.7. The topological polar surface area (TPSA) is 51.4 Å². The zero-order valence-corrected chi connectivity index (χ0v) is 8.36. The Morgan fingerprint density at radius 2 is 2.36 bits per heavy atom. The molecule has 0 aliphatic carbocycles. The fourth-order valence-corrected chi connectivity index (χ4v) is 1.47. The van der Waals surface area contributed by atoms with Crippen molar-refractivity contribution in [2.24, 2.45) is 0 Å². The number of hydrogen-bond acceptors (Lipinski definition) is 4. The van der Waals surface area contributed by atoms with Gasteiger partial charge in [-0.05, 0) is 31.4 Å². The molecule has 4 nitrogen and oxygen atoms in total. The number of nitrogens with two attached hydrogens (primary N) is 1. The monoisotopic (exact) mass is 193 g/mol. The normalized spacial score (nSPS) is 17.1. The van der Waals surface area contributed by atoms with E-state index in [1.54, 1.807) is 6.20 Å². The number of aryl methyl sites for hydroxylation is 1. The van der Waals surface area contributed by atoms with Crippen LogP contribution in [-0.4, -0.2) is 18.1 Å².